The molecule has 0 unspecified atom stereocenters. The first kappa shape index (κ1) is 13.6. The van der Waals surface area contributed by atoms with Gasteiger partial charge in [-0.15, -0.1) is 0 Å². The van der Waals surface area contributed by atoms with Gasteiger partial charge in [-0.05, 0) is 31.2 Å². The van der Waals surface area contributed by atoms with Crippen molar-refractivity contribution in [3.05, 3.63) is 59.0 Å². The predicted octanol–water partition coefficient (Wildman–Crippen LogP) is 2.57. The molecule has 0 radical (unpaired) electrons. The van der Waals surface area contributed by atoms with Crippen molar-refractivity contribution in [1.82, 2.24) is 5.32 Å². The molecule has 1 heterocycles. The van der Waals surface area contributed by atoms with Gasteiger partial charge >= 0.3 is 0 Å². The number of hydrogen-bond donors (Lipinski definition) is 2. The van der Waals surface area contributed by atoms with Crippen LogP contribution in [0.2, 0.25) is 5.02 Å². The second-order valence-corrected chi connectivity index (χ2v) is 4.82. The Labute approximate surface area is 116 Å². The van der Waals surface area contributed by atoms with Gasteiger partial charge in [0.25, 0.3) is 5.91 Å². The van der Waals surface area contributed by atoms with E-state index in [2.05, 4.69) is 5.32 Å². The number of aliphatic hydroxyl groups is 1. The maximum absolute atomic E-state index is 11.9. The third kappa shape index (κ3) is 3.16. The predicted molar refractivity (Wildman–Crippen MR) is 72.1 cm³/mol. The summed E-state index contributed by atoms with van der Waals surface area (Å²) in [7, 11) is 0. The molecule has 2 rings (SSSR count). The van der Waals surface area contributed by atoms with Crippen molar-refractivity contribution in [1.29, 1.82) is 0 Å². The van der Waals surface area contributed by atoms with E-state index in [1.54, 1.807) is 43.3 Å². The molecule has 0 saturated heterocycles. The number of halogens is 1. The molecule has 2 N–H and O–H groups in total. The van der Waals surface area contributed by atoms with Gasteiger partial charge < -0.3 is 14.8 Å². The van der Waals surface area contributed by atoms with Gasteiger partial charge in [-0.2, -0.15) is 0 Å². The van der Waals surface area contributed by atoms with Gasteiger partial charge in [-0.3, -0.25) is 4.79 Å². The first-order valence-corrected chi connectivity index (χ1v) is 6.17. The Kier molecular flexibility index (Phi) is 3.93. The Balaban J connectivity index is 2.03. The SMILES string of the molecule is C[C@](O)(CNC(=O)c1ccccc1Cl)c1ccco1. The Morgan fingerprint density at radius 2 is 2.11 bits per heavy atom. The number of carbonyl (C=O) groups excluding carboxylic acids is 1. The summed E-state index contributed by atoms with van der Waals surface area (Å²) in [4.78, 5) is 11.9. The van der Waals surface area contributed by atoms with Crippen molar-refractivity contribution >= 4 is 17.5 Å². The van der Waals surface area contributed by atoms with Crippen LogP contribution in [0.5, 0.6) is 0 Å². The Bertz CT molecular complexity index is 564. The quantitative estimate of drug-likeness (QED) is 0.904. The summed E-state index contributed by atoms with van der Waals surface area (Å²) in [6.07, 6.45) is 1.47. The number of furan rings is 1. The van der Waals surface area contributed by atoms with Crippen molar-refractivity contribution in [2.24, 2.45) is 0 Å². The zero-order chi connectivity index (χ0) is 13.9. The highest BCUT2D eigenvalue weighted by Gasteiger charge is 2.27. The lowest BCUT2D eigenvalue weighted by atomic mass is 10.0. The zero-order valence-corrected chi connectivity index (χ0v) is 11.1. The van der Waals surface area contributed by atoms with Crippen LogP contribution in [0.25, 0.3) is 0 Å². The van der Waals surface area contributed by atoms with Crippen LogP contribution in [0.3, 0.4) is 0 Å². The van der Waals surface area contributed by atoms with Gasteiger partial charge in [-0.25, -0.2) is 0 Å². The van der Waals surface area contributed by atoms with Gasteiger partial charge in [0, 0.05) is 0 Å². The monoisotopic (exact) mass is 279 g/mol. The van der Waals surface area contributed by atoms with Gasteiger partial charge in [0.1, 0.15) is 11.4 Å². The molecule has 1 atom stereocenters. The molecule has 0 spiro atoms. The highest BCUT2D eigenvalue weighted by molar-refractivity contribution is 6.33. The van der Waals surface area contributed by atoms with E-state index in [1.165, 1.54) is 6.26 Å². The van der Waals surface area contributed by atoms with Gasteiger partial charge in [0.05, 0.1) is 23.4 Å². The van der Waals surface area contributed by atoms with E-state index in [0.717, 1.165) is 0 Å². The molecular weight excluding hydrogens is 266 g/mol. The zero-order valence-electron chi connectivity index (χ0n) is 10.4. The first-order valence-electron chi connectivity index (χ1n) is 5.80. The van der Waals surface area contributed by atoms with Gasteiger partial charge in [0.2, 0.25) is 0 Å². The Hall–Kier alpha value is -1.78. The number of hydrogen-bond acceptors (Lipinski definition) is 3. The number of benzene rings is 1. The van der Waals surface area contributed by atoms with Crippen molar-refractivity contribution in [2.45, 2.75) is 12.5 Å². The number of amides is 1. The summed E-state index contributed by atoms with van der Waals surface area (Å²) in [5.74, 6) is 0.0596. The summed E-state index contributed by atoms with van der Waals surface area (Å²) in [5.41, 5.74) is -0.889. The lowest BCUT2D eigenvalue weighted by molar-refractivity contribution is 0.0330. The first-order chi connectivity index (χ1) is 9.00. The van der Waals surface area contributed by atoms with E-state index < -0.39 is 5.60 Å². The molecule has 1 amide bonds. The average Bonchev–Trinajstić information content (AvgIpc) is 2.91. The standard InChI is InChI=1S/C14H14ClNO3/c1-14(18,12-7-4-8-19-12)9-16-13(17)10-5-2-3-6-11(10)15/h2-8,18H,9H2,1H3,(H,16,17)/t14-/m0/s1. The minimum Gasteiger partial charge on any atom is -0.466 e. The summed E-state index contributed by atoms with van der Waals surface area (Å²) in [6, 6.07) is 10.1. The molecule has 5 heteroatoms. The molecule has 19 heavy (non-hydrogen) atoms. The summed E-state index contributed by atoms with van der Waals surface area (Å²) < 4.78 is 5.13. The fourth-order valence-corrected chi connectivity index (χ4v) is 1.89. The van der Waals surface area contributed by atoms with E-state index in [0.29, 0.717) is 16.3 Å². The molecule has 1 aromatic heterocycles. The Morgan fingerprint density at radius 3 is 2.74 bits per heavy atom. The molecule has 4 nitrogen and oxygen atoms in total. The van der Waals surface area contributed by atoms with Crippen molar-refractivity contribution in [3.8, 4) is 0 Å². The number of carbonyl (C=O) groups is 1. The molecule has 0 aliphatic carbocycles. The highest BCUT2D eigenvalue weighted by Crippen LogP contribution is 2.20. The van der Waals surface area contributed by atoms with Crippen molar-refractivity contribution < 1.29 is 14.3 Å². The van der Waals surface area contributed by atoms with Crippen LogP contribution >= 0.6 is 11.6 Å². The fourth-order valence-electron chi connectivity index (χ4n) is 1.67. The summed E-state index contributed by atoms with van der Waals surface area (Å²) in [6.45, 7) is 1.60. The molecular formula is C14H14ClNO3. The number of nitrogens with one attached hydrogen (secondary N) is 1. The normalized spacial score (nSPS) is 13.8. The average molecular weight is 280 g/mol. The second-order valence-electron chi connectivity index (χ2n) is 4.41. The maximum atomic E-state index is 11.9. The van der Waals surface area contributed by atoms with Crippen molar-refractivity contribution in [2.75, 3.05) is 6.54 Å². The second kappa shape index (κ2) is 5.47. The van der Waals surface area contributed by atoms with Crippen LogP contribution in [-0.2, 0) is 5.60 Å². The largest absolute Gasteiger partial charge is 0.466 e. The Morgan fingerprint density at radius 1 is 1.37 bits per heavy atom. The van der Waals surface area contributed by atoms with E-state index in [1.807, 2.05) is 0 Å². The highest BCUT2D eigenvalue weighted by atomic mass is 35.5. The molecule has 0 aliphatic rings. The lowest BCUT2D eigenvalue weighted by Crippen LogP contribution is -2.38. The van der Waals surface area contributed by atoms with Crippen LogP contribution in [-0.4, -0.2) is 17.6 Å². The van der Waals surface area contributed by atoms with Crippen LogP contribution in [0.4, 0.5) is 0 Å². The molecule has 0 aliphatic heterocycles. The molecule has 1 aromatic carbocycles. The third-order valence-corrected chi connectivity index (χ3v) is 3.09. The molecule has 100 valence electrons. The summed E-state index contributed by atoms with van der Waals surface area (Å²) >= 11 is 5.93. The molecule has 2 aromatic rings. The van der Waals surface area contributed by atoms with Crippen LogP contribution in [0, 0.1) is 0 Å². The van der Waals surface area contributed by atoms with Crippen LogP contribution < -0.4 is 5.32 Å². The summed E-state index contributed by atoms with van der Waals surface area (Å²) in [5, 5.41) is 13.2. The lowest BCUT2D eigenvalue weighted by Gasteiger charge is -2.21. The molecule has 0 saturated carbocycles. The van der Waals surface area contributed by atoms with Crippen molar-refractivity contribution in [3.63, 3.8) is 0 Å². The number of rotatable bonds is 4. The van der Waals surface area contributed by atoms with Crippen LogP contribution in [0.1, 0.15) is 23.0 Å². The van der Waals surface area contributed by atoms with E-state index in [-0.39, 0.29) is 12.5 Å². The molecule has 0 fully saturated rings. The third-order valence-electron chi connectivity index (χ3n) is 2.76. The topological polar surface area (TPSA) is 62.5 Å². The fraction of sp³-hybridized carbons (Fsp3) is 0.214. The van der Waals surface area contributed by atoms with E-state index >= 15 is 0 Å². The van der Waals surface area contributed by atoms with Gasteiger partial charge in [0.15, 0.2) is 0 Å². The van der Waals surface area contributed by atoms with E-state index in [9.17, 15) is 9.90 Å². The van der Waals surface area contributed by atoms with E-state index in [4.69, 9.17) is 16.0 Å². The van der Waals surface area contributed by atoms with Gasteiger partial charge in [-0.1, -0.05) is 23.7 Å². The molecule has 0 bridgehead atoms. The minimum atomic E-state index is -1.26. The van der Waals surface area contributed by atoms with Crippen LogP contribution in [0.15, 0.2) is 47.1 Å². The smallest absolute Gasteiger partial charge is 0.252 e. The maximum Gasteiger partial charge on any atom is 0.252 e. The minimum absolute atomic E-state index is 0.0323.